The number of phenols is 1. The van der Waals surface area contributed by atoms with Crippen molar-refractivity contribution in [1.82, 2.24) is 42.1 Å². The summed E-state index contributed by atoms with van der Waals surface area (Å²) < 4.78 is 0. The summed E-state index contributed by atoms with van der Waals surface area (Å²) in [5, 5.41) is 36.7. The molecule has 1 aromatic carbocycles. The predicted octanol–water partition coefficient (Wildman–Crippen LogP) is -1.96. The lowest BCUT2D eigenvalue weighted by molar-refractivity contribution is -0.143. The quantitative estimate of drug-likeness (QED) is 0.0473. The minimum atomic E-state index is -1.90. The number of carboxylic acids is 1. The number of aromatic hydroxyl groups is 1. The molecule has 17 N–H and O–H groups in total. The van der Waals surface area contributed by atoms with Crippen LogP contribution < -0.4 is 60.2 Å². The van der Waals surface area contributed by atoms with Gasteiger partial charge in [-0.3, -0.25) is 62.3 Å². The lowest BCUT2D eigenvalue weighted by atomic mass is 9.99. The molecule has 0 radical (unpaired) electrons. The number of amides is 12. The number of unbranched alkanes of at least 4 members (excludes halogenated alkanes) is 7. The Balaban J connectivity index is 2.13. The first-order chi connectivity index (χ1) is 37.4. The van der Waals surface area contributed by atoms with E-state index in [0.717, 1.165) is 49.8 Å². The number of hydrogen-bond acceptors (Lipinski definition) is 14. The fourth-order valence-electron chi connectivity index (χ4n) is 9.25. The van der Waals surface area contributed by atoms with Crippen LogP contribution in [0.15, 0.2) is 24.3 Å². The summed E-state index contributed by atoms with van der Waals surface area (Å²) in [6.45, 7) is 4.27. The van der Waals surface area contributed by atoms with Crippen molar-refractivity contribution in [2.75, 3.05) is 6.54 Å². The number of hydrogen-bond donors (Lipinski definition) is 13. The van der Waals surface area contributed by atoms with Crippen molar-refractivity contribution in [3.05, 3.63) is 29.8 Å². The maximum absolute atomic E-state index is 14.3. The molecule has 0 unspecified atom stereocenters. The summed E-state index contributed by atoms with van der Waals surface area (Å²) in [6.07, 6.45) is 4.11. The maximum atomic E-state index is 14.3. The molecular weight excluding hydrogens is 1030 g/mol. The Hall–Kier alpha value is -7.87. The topological polar surface area (TPSA) is 454 Å². The molecule has 0 bridgehead atoms. The minimum Gasteiger partial charge on any atom is -0.508 e. The third-order valence-electron chi connectivity index (χ3n) is 13.8. The van der Waals surface area contributed by atoms with Gasteiger partial charge < -0.3 is 75.3 Å². The number of nitrogens with two attached hydrogens (primary N) is 4. The molecule has 2 aliphatic heterocycles. The Morgan fingerprint density at radius 1 is 0.570 bits per heavy atom. The molecule has 438 valence electrons. The van der Waals surface area contributed by atoms with Crippen LogP contribution in [0.1, 0.15) is 148 Å². The summed E-state index contributed by atoms with van der Waals surface area (Å²) in [6, 6.07) is -7.96. The zero-order chi connectivity index (χ0) is 58.8. The largest absolute Gasteiger partial charge is 0.508 e. The van der Waals surface area contributed by atoms with E-state index in [4.69, 9.17) is 22.9 Å². The normalized spacial score (nSPS) is 23.6. The van der Waals surface area contributed by atoms with Crippen LogP contribution >= 0.6 is 0 Å². The molecule has 2 aliphatic rings. The van der Waals surface area contributed by atoms with E-state index < -0.39 is 177 Å². The SMILES string of the molecule is CC[C@@H](C)CCCCCCCCCC[C@H]1CC(=O)N[C@@H](CC(=O)O)C(=O)N[C@H](Cc2ccc(O)cc2)C(=O)N[C@H](CC(N)=O)C(=O)N[C@@H](CCC(N)=O)C(=O)N2CCC[C@@H]2C(=O)N[C@H](CC(N)=O)C(=O)N[C@@H](CC(N)=O)C(=O)N1. The van der Waals surface area contributed by atoms with Crippen LogP contribution in [0.25, 0.3) is 0 Å². The van der Waals surface area contributed by atoms with Crippen LogP contribution in [0.3, 0.4) is 0 Å². The van der Waals surface area contributed by atoms with E-state index in [0.29, 0.717) is 24.3 Å². The number of nitrogens with one attached hydrogen (secondary N) is 7. The van der Waals surface area contributed by atoms with E-state index in [-0.39, 0.29) is 31.6 Å². The van der Waals surface area contributed by atoms with Gasteiger partial charge in [-0.1, -0.05) is 90.2 Å². The number of carbonyl (C=O) groups excluding carboxylic acids is 12. The molecule has 0 spiro atoms. The number of aliphatic carboxylic acids is 1. The molecular formula is C52H80N12O15. The van der Waals surface area contributed by atoms with Crippen LogP contribution in [0.2, 0.25) is 0 Å². The highest BCUT2D eigenvalue weighted by Crippen LogP contribution is 2.22. The van der Waals surface area contributed by atoms with E-state index >= 15 is 0 Å². The van der Waals surface area contributed by atoms with Crippen molar-refractivity contribution in [3.8, 4) is 5.75 Å². The molecule has 2 fully saturated rings. The number of carbonyl (C=O) groups is 13. The van der Waals surface area contributed by atoms with Gasteiger partial charge in [0, 0.05) is 31.8 Å². The molecule has 27 nitrogen and oxygen atoms in total. The van der Waals surface area contributed by atoms with Gasteiger partial charge in [-0.05, 0) is 49.3 Å². The average Bonchev–Trinajstić information content (AvgIpc) is 3.87. The van der Waals surface area contributed by atoms with E-state index in [9.17, 15) is 72.5 Å². The van der Waals surface area contributed by atoms with Crippen LogP contribution in [0, 0.1) is 5.92 Å². The fourth-order valence-corrected chi connectivity index (χ4v) is 9.25. The summed E-state index contributed by atoms with van der Waals surface area (Å²) in [5.41, 5.74) is 22.2. The van der Waals surface area contributed by atoms with Crippen molar-refractivity contribution in [2.45, 2.75) is 197 Å². The standard InChI is InChI=1S/C52H80N12O15/c1-3-29(2)13-10-8-6-4-5-7-9-11-14-31-24-44(70)58-38(28-45(71)72)50(77)60-34(23-30-16-18-32(65)19-17-30)47(74)62-36(26-42(55)68)48(75)59-33(20-21-40(53)66)52(79)64-22-12-15-39(64)51(78)63-37(27-43(56)69)49(76)61-35(25-41(54)67)46(73)57-31/h16-19,29,31,33-39,65H,3-15,20-28H2,1-2H3,(H2,53,66)(H2,54,67)(H2,55,68)(H2,56,69)(H,57,73)(H,58,70)(H,59,75)(H,60,77)(H,61,76)(H,62,74)(H,63,78)(H,71,72)/t29-,31+,33+,34-,35+,36-,37-,38+,39-/m1/s1. The van der Waals surface area contributed by atoms with Crippen molar-refractivity contribution in [1.29, 1.82) is 0 Å². The Labute approximate surface area is 458 Å². The third kappa shape index (κ3) is 24.1. The van der Waals surface area contributed by atoms with Gasteiger partial charge in [-0.25, -0.2) is 0 Å². The van der Waals surface area contributed by atoms with Crippen molar-refractivity contribution >= 4 is 76.9 Å². The van der Waals surface area contributed by atoms with E-state index in [1.165, 1.54) is 30.7 Å². The zero-order valence-electron chi connectivity index (χ0n) is 45.0. The Bertz CT molecular complexity index is 2340. The first-order valence-corrected chi connectivity index (χ1v) is 26.9. The number of fused-ring (bicyclic) bond motifs is 1. The van der Waals surface area contributed by atoms with Crippen molar-refractivity contribution in [2.24, 2.45) is 28.9 Å². The zero-order valence-corrected chi connectivity index (χ0v) is 45.0. The fraction of sp³-hybridized carbons (Fsp3) is 0.635. The van der Waals surface area contributed by atoms with Gasteiger partial charge in [0.1, 0.15) is 48.0 Å². The second-order valence-electron chi connectivity index (χ2n) is 20.4. The molecule has 3 rings (SSSR count). The van der Waals surface area contributed by atoms with E-state index in [2.05, 4.69) is 51.1 Å². The van der Waals surface area contributed by atoms with Gasteiger partial charge >= 0.3 is 5.97 Å². The van der Waals surface area contributed by atoms with Crippen molar-refractivity contribution in [3.63, 3.8) is 0 Å². The first-order valence-electron chi connectivity index (χ1n) is 26.9. The molecule has 1 aromatic rings. The lowest BCUT2D eigenvalue weighted by Crippen LogP contribution is -2.60. The molecule has 79 heavy (non-hydrogen) atoms. The Morgan fingerprint density at radius 3 is 1.53 bits per heavy atom. The number of nitrogens with zero attached hydrogens (tertiary/aromatic N) is 1. The van der Waals surface area contributed by atoms with Crippen LogP contribution in [-0.4, -0.2) is 147 Å². The molecule has 9 atom stereocenters. The average molecular weight is 1110 g/mol. The Kier molecular flexibility index (Phi) is 27.7. The number of primary amides is 4. The number of benzene rings is 1. The highest BCUT2D eigenvalue weighted by atomic mass is 16.4. The summed E-state index contributed by atoms with van der Waals surface area (Å²) in [4.78, 5) is 175. The van der Waals surface area contributed by atoms with E-state index in [1.54, 1.807) is 0 Å². The van der Waals surface area contributed by atoms with Crippen LogP contribution in [0.4, 0.5) is 0 Å². The highest BCUT2D eigenvalue weighted by molar-refractivity contribution is 6.00. The van der Waals surface area contributed by atoms with Gasteiger partial charge in [-0.2, -0.15) is 0 Å². The summed E-state index contributed by atoms with van der Waals surface area (Å²) in [7, 11) is 0. The monoisotopic (exact) mass is 1110 g/mol. The molecule has 2 heterocycles. The predicted molar refractivity (Wildman–Crippen MR) is 282 cm³/mol. The number of phenolic OH excluding ortho intramolecular Hbond substituents is 1. The third-order valence-corrected chi connectivity index (χ3v) is 13.8. The second kappa shape index (κ2) is 33.4. The molecule has 12 amide bonds. The van der Waals surface area contributed by atoms with Gasteiger partial charge in [0.15, 0.2) is 0 Å². The summed E-state index contributed by atoms with van der Waals surface area (Å²) in [5.74, 6) is -14.0. The smallest absolute Gasteiger partial charge is 0.305 e. The van der Waals surface area contributed by atoms with Gasteiger partial charge in [0.25, 0.3) is 0 Å². The van der Waals surface area contributed by atoms with Gasteiger partial charge in [0.2, 0.25) is 70.9 Å². The first kappa shape index (κ1) is 65.4. The van der Waals surface area contributed by atoms with E-state index in [1.807, 2.05) is 0 Å². The van der Waals surface area contributed by atoms with Gasteiger partial charge in [-0.15, -0.1) is 0 Å². The van der Waals surface area contributed by atoms with Gasteiger partial charge in [0.05, 0.1) is 25.7 Å². The molecule has 27 heteroatoms. The molecule has 0 aliphatic carbocycles. The number of carboxylic acid groups (broad SMARTS) is 1. The molecule has 0 aromatic heterocycles. The van der Waals surface area contributed by atoms with Crippen molar-refractivity contribution < 1.29 is 72.5 Å². The molecule has 0 saturated carbocycles. The highest BCUT2D eigenvalue weighted by Gasteiger charge is 2.41. The minimum absolute atomic E-state index is 0.0268. The van der Waals surface area contributed by atoms with Crippen LogP contribution in [0.5, 0.6) is 5.75 Å². The Morgan fingerprint density at radius 2 is 1.03 bits per heavy atom. The van der Waals surface area contributed by atoms with Crippen LogP contribution in [-0.2, 0) is 68.7 Å². The molecule has 2 saturated heterocycles. The maximum Gasteiger partial charge on any atom is 0.305 e. The number of rotatable bonds is 25. The summed E-state index contributed by atoms with van der Waals surface area (Å²) >= 11 is 0. The second-order valence-corrected chi connectivity index (χ2v) is 20.4. The lowest BCUT2D eigenvalue weighted by Gasteiger charge is -2.31.